The molecule has 6 nitrogen and oxygen atoms in total. The summed E-state index contributed by atoms with van der Waals surface area (Å²) < 4.78 is 56.1. The van der Waals surface area contributed by atoms with E-state index >= 15 is 0 Å². The van der Waals surface area contributed by atoms with E-state index in [1.54, 1.807) is 0 Å². The summed E-state index contributed by atoms with van der Waals surface area (Å²) >= 11 is 0. The quantitative estimate of drug-likeness (QED) is 0.404. The molecule has 0 atom stereocenters. The van der Waals surface area contributed by atoms with Crippen molar-refractivity contribution in [1.29, 1.82) is 0 Å². The number of aryl methyl sites for hydroxylation is 1. The van der Waals surface area contributed by atoms with Crippen LogP contribution in [0.1, 0.15) is 22.7 Å². The Morgan fingerprint density at radius 3 is 2.53 bits per heavy atom. The van der Waals surface area contributed by atoms with Crippen molar-refractivity contribution >= 4 is 11.8 Å². The zero-order valence-electron chi connectivity index (χ0n) is 15.8. The number of halogens is 3. The van der Waals surface area contributed by atoms with Gasteiger partial charge in [-0.2, -0.15) is 0 Å². The zero-order chi connectivity index (χ0) is 21.7. The molecule has 3 rings (SSSR count). The number of nitrogens with zero attached hydrogens (tertiary/aromatic N) is 1. The van der Waals surface area contributed by atoms with E-state index in [-0.39, 0.29) is 41.4 Å². The molecule has 0 saturated carbocycles. The van der Waals surface area contributed by atoms with Gasteiger partial charge in [0.25, 0.3) is 0 Å². The number of carbonyl (C=O) groups excluding carboxylic acids is 2. The highest BCUT2D eigenvalue weighted by Crippen LogP contribution is 2.27. The van der Waals surface area contributed by atoms with Crippen molar-refractivity contribution in [3.05, 3.63) is 71.5 Å². The minimum atomic E-state index is -0.802. The van der Waals surface area contributed by atoms with Crippen LogP contribution in [0.3, 0.4) is 0 Å². The first-order chi connectivity index (χ1) is 14.4. The fourth-order valence-corrected chi connectivity index (χ4v) is 2.68. The van der Waals surface area contributed by atoms with Crippen LogP contribution < -0.4 is 4.74 Å². The normalized spacial score (nSPS) is 10.7. The number of rotatable bonds is 8. The van der Waals surface area contributed by atoms with Gasteiger partial charge in [0.1, 0.15) is 23.2 Å². The Bertz CT molecular complexity index is 1060. The van der Waals surface area contributed by atoms with E-state index in [1.807, 2.05) is 0 Å². The van der Waals surface area contributed by atoms with Crippen molar-refractivity contribution in [2.45, 2.75) is 12.8 Å². The van der Waals surface area contributed by atoms with Crippen LogP contribution in [-0.2, 0) is 16.0 Å². The van der Waals surface area contributed by atoms with Crippen LogP contribution in [0, 0.1) is 17.5 Å². The number of hydrogen-bond donors (Lipinski definition) is 0. The molecule has 0 amide bonds. The Hall–Kier alpha value is -3.62. The number of ether oxygens (including phenoxy) is 2. The number of benzene rings is 2. The largest absolute Gasteiger partial charge is 0.496 e. The maximum atomic E-state index is 13.8. The highest BCUT2D eigenvalue weighted by molar-refractivity contribution is 6.00. The van der Waals surface area contributed by atoms with Crippen LogP contribution in [-0.4, -0.2) is 30.5 Å². The molecule has 2 aromatic carbocycles. The molecule has 0 aliphatic heterocycles. The second-order valence-corrected chi connectivity index (χ2v) is 6.14. The summed E-state index contributed by atoms with van der Waals surface area (Å²) in [6.07, 6.45) is 0.960. The molecule has 0 fully saturated rings. The lowest BCUT2D eigenvalue weighted by atomic mass is 10.1. The Balaban J connectivity index is 1.55. The van der Waals surface area contributed by atoms with Gasteiger partial charge in [0.05, 0.1) is 30.9 Å². The maximum Gasteiger partial charge on any atom is 0.306 e. The Kier molecular flexibility index (Phi) is 6.51. The third-order valence-corrected chi connectivity index (χ3v) is 4.13. The molecular weight excluding hydrogens is 403 g/mol. The van der Waals surface area contributed by atoms with Gasteiger partial charge >= 0.3 is 5.97 Å². The number of Topliss-reactive ketones (excluding diaryl/α,β-unsaturated/α-hetero) is 1. The van der Waals surface area contributed by atoms with Crippen LogP contribution >= 0.6 is 0 Å². The second kappa shape index (κ2) is 9.25. The van der Waals surface area contributed by atoms with E-state index in [9.17, 15) is 22.8 Å². The molecule has 0 N–H and O–H groups in total. The summed E-state index contributed by atoms with van der Waals surface area (Å²) in [5.41, 5.74) is -0.400. The highest BCUT2D eigenvalue weighted by atomic mass is 19.1. The SMILES string of the molecule is COc1ccc(F)cc1C(=O)COC(=O)CCc1ncc(-c2c(F)cccc2F)o1. The van der Waals surface area contributed by atoms with Gasteiger partial charge in [-0.05, 0) is 30.3 Å². The van der Waals surface area contributed by atoms with Gasteiger partial charge in [0, 0.05) is 6.42 Å². The lowest BCUT2D eigenvalue weighted by Crippen LogP contribution is -2.15. The lowest BCUT2D eigenvalue weighted by molar-refractivity contribution is -0.142. The molecule has 1 heterocycles. The van der Waals surface area contributed by atoms with E-state index in [0.717, 1.165) is 30.5 Å². The lowest BCUT2D eigenvalue weighted by Gasteiger charge is -2.08. The molecule has 0 radical (unpaired) electrons. The zero-order valence-corrected chi connectivity index (χ0v) is 15.8. The predicted molar refractivity (Wildman–Crippen MR) is 98.4 cm³/mol. The number of carbonyl (C=O) groups is 2. The molecule has 156 valence electrons. The smallest absolute Gasteiger partial charge is 0.306 e. The maximum absolute atomic E-state index is 13.8. The average molecular weight is 419 g/mol. The molecule has 9 heteroatoms. The van der Waals surface area contributed by atoms with Crippen molar-refractivity contribution in [2.75, 3.05) is 13.7 Å². The van der Waals surface area contributed by atoms with Gasteiger partial charge in [-0.3, -0.25) is 9.59 Å². The van der Waals surface area contributed by atoms with E-state index < -0.39 is 35.8 Å². The monoisotopic (exact) mass is 419 g/mol. The van der Waals surface area contributed by atoms with Crippen molar-refractivity contribution in [2.24, 2.45) is 0 Å². The van der Waals surface area contributed by atoms with E-state index in [0.29, 0.717) is 0 Å². The fraction of sp³-hybridized carbons (Fsp3) is 0.190. The number of hydrogen-bond acceptors (Lipinski definition) is 6. The summed E-state index contributed by atoms with van der Waals surface area (Å²) in [6.45, 7) is -0.601. The van der Waals surface area contributed by atoms with Gasteiger partial charge in [-0.15, -0.1) is 0 Å². The third-order valence-electron chi connectivity index (χ3n) is 4.13. The number of aromatic nitrogens is 1. The molecule has 0 saturated heterocycles. The summed E-state index contributed by atoms with van der Waals surface area (Å²) in [6, 6.07) is 6.82. The topological polar surface area (TPSA) is 78.6 Å². The molecule has 0 aliphatic rings. The first-order valence-corrected chi connectivity index (χ1v) is 8.80. The van der Waals surface area contributed by atoms with E-state index in [1.165, 1.54) is 19.2 Å². The minimum absolute atomic E-state index is 0.00756. The van der Waals surface area contributed by atoms with Crippen molar-refractivity contribution in [1.82, 2.24) is 4.98 Å². The molecular formula is C21H16F3NO5. The van der Waals surface area contributed by atoms with Crippen LogP contribution in [0.25, 0.3) is 11.3 Å². The molecule has 3 aromatic rings. The standard InChI is InChI=1S/C21H16F3NO5/c1-28-17-6-5-12(22)9-13(17)16(26)11-29-20(27)8-7-19-25-10-18(30-19)21-14(23)3-2-4-15(21)24/h2-6,9-10H,7-8,11H2,1H3. The van der Waals surface area contributed by atoms with Gasteiger partial charge in [0.2, 0.25) is 5.78 Å². The van der Waals surface area contributed by atoms with Gasteiger partial charge < -0.3 is 13.9 Å². The van der Waals surface area contributed by atoms with Gasteiger partial charge in [-0.25, -0.2) is 18.2 Å². The summed E-state index contributed by atoms with van der Waals surface area (Å²) in [5.74, 6) is -3.47. The Morgan fingerprint density at radius 1 is 1.10 bits per heavy atom. The summed E-state index contributed by atoms with van der Waals surface area (Å²) in [5, 5.41) is 0. The van der Waals surface area contributed by atoms with Crippen LogP contribution in [0.15, 0.2) is 47.0 Å². The summed E-state index contributed by atoms with van der Waals surface area (Å²) in [4.78, 5) is 27.9. The Morgan fingerprint density at radius 2 is 1.83 bits per heavy atom. The van der Waals surface area contributed by atoms with Gasteiger partial charge in [-0.1, -0.05) is 6.07 Å². The first kappa shape index (κ1) is 21.1. The van der Waals surface area contributed by atoms with Crippen molar-refractivity contribution in [3.63, 3.8) is 0 Å². The van der Waals surface area contributed by atoms with E-state index in [4.69, 9.17) is 13.9 Å². The molecule has 0 bridgehead atoms. The number of ketones is 1. The van der Waals surface area contributed by atoms with Crippen molar-refractivity contribution in [3.8, 4) is 17.1 Å². The number of oxazole rings is 1. The molecule has 0 spiro atoms. The number of esters is 1. The van der Waals surface area contributed by atoms with Crippen LogP contribution in [0.4, 0.5) is 13.2 Å². The summed E-state index contributed by atoms with van der Waals surface area (Å²) in [7, 11) is 1.33. The molecule has 1 aromatic heterocycles. The minimum Gasteiger partial charge on any atom is -0.496 e. The molecule has 0 unspecified atom stereocenters. The fourth-order valence-electron chi connectivity index (χ4n) is 2.68. The molecule has 30 heavy (non-hydrogen) atoms. The van der Waals surface area contributed by atoms with Crippen LogP contribution in [0.5, 0.6) is 5.75 Å². The highest BCUT2D eigenvalue weighted by Gasteiger charge is 2.18. The first-order valence-electron chi connectivity index (χ1n) is 8.80. The predicted octanol–water partition coefficient (Wildman–Crippen LogP) is 4.13. The number of methoxy groups -OCH3 is 1. The van der Waals surface area contributed by atoms with Gasteiger partial charge in [0.15, 0.2) is 18.3 Å². The van der Waals surface area contributed by atoms with Crippen LogP contribution in [0.2, 0.25) is 0 Å². The third kappa shape index (κ3) is 4.86. The Labute approximate surface area is 169 Å². The average Bonchev–Trinajstić information content (AvgIpc) is 3.18. The van der Waals surface area contributed by atoms with E-state index in [2.05, 4.69) is 4.98 Å². The molecule has 0 aliphatic carbocycles. The van der Waals surface area contributed by atoms with Crippen molar-refractivity contribution < 1.29 is 36.7 Å². The second-order valence-electron chi connectivity index (χ2n) is 6.14.